The Kier molecular flexibility index (Phi) is 7.08. The van der Waals surface area contributed by atoms with Gasteiger partial charge in [0.15, 0.2) is 6.67 Å². The maximum Gasteiger partial charge on any atom is 0.473 e. The number of hydrogen-bond donors (Lipinski definition) is 0. The fraction of sp³-hybridized carbons (Fsp3) is 0.750. The summed E-state index contributed by atoms with van der Waals surface area (Å²) in [5.41, 5.74) is 0. The number of carbonyl (C=O) groups is 1. The molecule has 0 fully saturated rings. The van der Waals surface area contributed by atoms with Gasteiger partial charge in [-0.15, -0.1) is 0 Å². The second-order valence-corrected chi connectivity index (χ2v) is 5.43. The number of carbonyl (C=O) groups excluding carboxylic acids is 1. The maximum absolute atomic E-state index is 13.3. The zero-order chi connectivity index (χ0) is 25.7. The normalized spacial score (nSPS) is 15.6. The van der Waals surface area contributed by atoms with Crippen LogP contribution in [0.1, 0.15) is 0 Å². The van der Waals surface area contributed by atoms with Crippen molar-refractivity contribution in [2.45, 2.75) is 47.6 Å². The van der Waals surface area contributed by atoms with Crippen molar-refractivity contribution in [2.24, 2.45) is 0 Å². The summed E-state index contributed by atoms with van der Waals surface area (Å²) in [6.45, 7) is -1.68. The lowest BCUT2D eigenvalue weighted by Gasteiger charge is -2.42. The van der Waals surface area contributed by atoms with Gasteiger partial charge in [0, 0.05) is 6.08 Å². The minimum atomic E-state index is -8.67. The van der Waals surface area contributed by atoms with Crippen molar-refractivity contribution in [1.82, 2.24) is 0 Å². The van der Waals surface area contributed by atoms with E-state index in [1.807, 2.05) is 0 Å². The molecular formula is C12H5F17O2. The van der Waals surface area contributed by atoms with Crippen LogP contribution in [0, 0.1) is 0 Å². The summed E-state index contributed by atoms with van der Waals surface area (Å²) < 4.78 is 224. The lowest BCUT2D eigenvalue weighted by molar-refractivity contribution is -0.468. The minimum Gasteiger partial charge on any atom is -0.393 e. The average Bonchev–Trinajstić information content (AvgIpc) is 2.59. The fourth-order valence-corrected chi connectivity index (χ4v) is 1.52. The van der Waals surface area contributed by atoms with E-state index in [4.69, 9.17) is 0 Å². The zero-order valence-electron chi connectivity index (χ0n) is 13.7. The van der Waals surface area contributed by atoms with E-state index in [1.54, 1.807) is 0 Å². The second-order valence-electron chi connectivity index (χ2n) is 5.43. The van der Waals surface area contributed by atoms with E-state index in [9.17, 15) is 79.4 Å². The quantitative estimate of drug-likeness (QED) is 0.216. The summed E-state index contributed by atoms with van der Waals surface area (Å²) in [5, 5.41) is 0. The van der Waals surface area contributed by atoms with Gasteiger partial charge in [-0.2, -0.15) is 70.2 Å². The van der Waals surface area contributed by atoms with E-state index >= 15 is 0 Å². The number of rotatable bonds is 10. The van der Waals surface area contributed by atoms with Gasteiger partial charge < -0.3 is 4.74 Å². The smallest absolute Gasteiger partial charge is 0.393 e. The fourth-order valence-electron chi connectivity index (χ4n) is 1.52. The van der Waals surface area contributed by atoms with Crippen LogP contribution in [0.2, 0.25) is 0 Å². The van der Waals surface area contributed by atoms with Crippen molar-refractivity contribution in [3.8, 4) is 0 Å². The van der Waals surface area contributed by atoms with Crippen LogP contribution in [-0.2, 0) is 9.53 Å². The number of ether oxygens (including phenoxy) is 1. The van der Waals surface area contributed by atoms with Crippen LogP contribution in [-0.4, -0.2) is 60.2 Å². The number of halogens is 17. The lowest BCUT2D eigenvalue weighted by Crippen LogP contribution is -2.75. The summed E-state index contributed by atoms with van der Waals surface area (Å²) in [5.74, 6) is -60.0. The SMILES string of the molecule is C=CC(=O)OC(F)(F)C(F)(F)C(F)(F)C(F)(F)C(F)(F)C(F)(F)C(F)(F)C(F)(F)CF. The molecule has 0 atom stereocenters. The van der Waals surface area contributed by atoms with E-state index in [0.29, 0.717) is 0 Å². The first kappa shape index (κ1) is 29.0. The molecule has 0 saturated carbocycles. The first-order valence-corrected chi connectivity index (χ1v) is 6.70. The summed E-state index contributed by atoms with van der Waals surface area (Å²) in [7, 11) is 0. The van der Waals surface area contributed by atoms with Crippen molar-refractivity contribution in [3.63, 3.8) is 0 Å². The minimum absolute atomic E-state index is 0.470. The molecular weight excluding hydrogens is 499 g/mol. The molecule has 0 aliphatic heterocycles. The summed E-state index contributed by atoms with van der Waals surface area (Å²) in [6, 6.07) is 0. The van der Waals surface area contributed by atoms with Crippen LogP contribution in [0.25, 0.3) is 0 Å². The second kappa shape index (κ2) is 7.56. The van der Waals surface area contributed by atoms with Gasteiger partial charge in [-0.25, -0.2) is 9.18 Å². The van der Waals surface area contributed by atoms with E-state index in [-0.39, 0.29) is 0 Å². The average molecular weight is 504 g/mol. The third kappa shape index (κ3) is 3.76. The molecule has 0 radical (unpaired) electrons. The predicted molar refractivity (Wildman–Crippen MR) is 61.8 cm³/mol. The third-order valence-electron chi connectivity index (χ3n) is 3.36. The molecule has 0 rings (SSSR count). The Morgan fingerprint density at radius 2 is 0.903 bits per heavy atom. The molecule has 2 nitrogen and oxygen atoms in total. The lowest BCUT2D eigenvalue weighted by atomic mass is 9.89. The largest absolute Gasteiger partial charge is 0.473 e. The van der Waals surface area contributed by atoms with Gasteiger partial charge in [0.1, 0.15) is 0 Å². The molecule has 184 valence electrons. The van der Waals surface area contributed by atoms with Crippen molar-refractivity contribution in [3.05, 3.63) is 12.7 Å². The molecule has 0 spiro atoms. The van der Waals surface area contributed by atoms with E-state index in [2.05, 4.69) is 11.3 Å². The summed E-state index contributed by atoms with van der Waals surface area (Å²) >= 11 is 0. The standard InChI is InChI=1S/C12H5F17O2/c1-2-4(30)31-12(28,29)11(26,27)10(24,25)9(22,23)8(20,21)7(18,19)6(16,17)5(14,15)3-13/h2H,1,3H2. The third-order valence-corrected chi connectivity index (χ3v) is 3.36. The van der Waals surface area contributed by atoms with Crippen LogP contribution >= 0.6 is 0 Å². The molecule has 0 aromatic heterocycles. The van der Waals surface area contributed by atoms with Crippen LogP contribution in [0.15, 0.2) is 12.7 Å². The topological polar surface area (TPSA) is 26.3 Å². The first-order valence-electron chi connectivity index (χ1n) is 6.70. The highest BCUT2D eigenvalue weighted by atomic mass is 19.4. The number of hydrogen-bond acceptors (Lipinski definition) is 2. The summed E-state index contributed by atoms with van der Waals surface area (Å²) in [6.07, 6.45) is -7.66. The Labute approximate surface area is 158 Å². The Morgan fingerprint density at radius 1 is 0.613 bits per heavy atom. The number of esters is 1. The molecule has 0 unspecified atom stereocenters. The Hall–Kier alpha value is -1.98. The number of alkyl halides is 17. The highest BCUT2D eigenvalue weighted by Gasteiger charge is 2.95. The van der Waals surface area contributed by atoms with Crippen LogP contribution in [0.3, 0.4) is 0 Å². The highest BCUT2D eigenvalue weighted by Crippen LogP contribution is 2.63. The summed E-state index contributed by atoms with van der Waals surface area (Å²) in [4.78, 5) is 10.4. The van der Waals surface area contributed by atoms with Gasteiger partial charge in [0.05, 0.1) is 0 Å². The Balaban J connectivity index is 6.73. The molecule has 0 aliphatic carbocycles. The maximum atomic E-state index is 13.3. The molecule has 0 aliphatic rings. The van der Waals surface area contributed by atoms with Crippen LogP contribution < -0.4 is 0 Å². The van der Waals surface area contributed by atoms with Gasteiger partial charge in [-0.1, -0.05) is 6.58 Å². The van der Waals surface area contributed by atoms with Gasteiger partial charge >= 0.3 is 53.5 Å². The van der Waals surface area contributed by atoms with Gasteiger partial charge in [0.2, 0.25) is 0 Å². The molecule has 0 N–H and O–H groups in total. The zero-order valence-corrected chi connectivity index (χ0v) is 13.7. The van der Waals surface area contributed by atoms with Crippen molar-refractivity contribution in [2.75, 3.05) is 6.67 Å². The molecule has 19 heteroatoms. The Bertz CT molecular complexity index is 695. The molecule has 0 aromatic carbocycles. The molecule has 31 heavy (non-hydrogen) atoms. The molecule has 0 bridgehead atoms. The van der Waals surface area contributed by atoms with Crippen LogP contribution in [0.4, 0.5) is 74.6 Å². The Morgan fingerprint density at radius 3 is 1.19 bits per heavy atom. The molecule has 0 aromatic rings. The van der Waals surface area contributed by atoms with Crippen LogP contribution in [0.5, 0.6) is 0 Å². The monoisotopic (exact) mass is 504 g/mol. The predicted octanol–water partition coefficient (Wildman–Crippen LogP) is 5.73. The van der Waals surface area contributed by atoms with Crippen molar-refractivity contribution in [1.29, 1.82) is 0 Å². The molecule has 0 saturated heterocycles. The molecule has 0 amide bonds. The van der Waals surface area contributed by atoms with E-state index in [1.165, 1.54) is 0 Å². The van der Waals surface area contributed by atoms with Crippen molar-refractivity contribution >= 4 is 5.97 Å². The highest BCUT2D eigenvalue weighted by molar-refractivity contribution is 5.81. The van der Waals surface area contributed by atoms with Gasteiger partial charge in [-0.3, -0.25) is 0 Å². The van der Waals surface area contributed by atoms with Gasteiger partial charge in [0.25, 0.3) is 0 Å². The van der Waals surface area contributed by atoms with E-state index < -0.39 is 66.3 Å². The molecule has 0 heterocycles. The van der Waals surface area contributed by atoms with E-state index in [0.717, 1.165) is 0 Å². The first-order chi connectivity index (χ1) is 13.3. The van der Waals surface area contributed by atoms with Crippen molar-refractivity contribution < 1.29 is 84.2 Å². The van der Waals surface area contributed by atoms with Gasteiger partial charge in [-0.05, 0) is 0 Å².